The summed E-state index contributed by atoms with van der Waals surface area (Å²) in [7, 11) is 2.14. The Morgan fingerprint density at radius 2 is 1.54 bits per heavy atom. The highest BCUT2D eigenvalue weighted by Crippen LogP contribution is 2.39. The van der Waals surface area contributed by atoms with Crippen LogP contribution >= 0.6 is 0 Å². The number of benzene rings is 5. The number of ether oxygens (including phenoxy) is 2. The van der Waals surface area contributed by atoms with Gasteiger partial charge >= 0.3 is 5.97 Å². The van der Waals surface area contributed by atoms with Crippen LogP contribution in [0.15, 0.2) is 115 Å². The minimum Gasteiger partial charge on any atom is -0.481 e. The van der Waals surface area contributed by atoms with Crippen molar-refractivity contribution in [3.63, 3.8) is 0 Å². The monoisotopic (exact) mass is 672 g/mol. The largest absolute Gasteiger partial charge is 0.481 e. The first-order chi connectivity index (χ1) is 24.2. The Hall–Kier alpha value is -4.86. The van der Waals surface area contributed by atoms with E-state index >= 15 is 0 Å². The highest BCUT2D eigenvalue weighted by Gasteiger charge is 2.33. The molecule has 6 rings (SSSR count). The molecule has 1 aliphatic heterocycles. The fourth-order valence-corrected chi connectivity index (χ4v) is 6.47. The molecule has 258 valence electrons. The predicted molar refractivity (Wildman–Crippen MR) is 194 cm³/mol. The fraction of sp³-hybridized carbons (Fsp3) is 0.286. The molecule has 0 aliphatic carbocycles. The van der Waals surface area contributed by atoms with Gasteiger partial charge in [-0.2, -0.15) is 0 Å². The van der Waals surface area contributed by atoms with Crippen molar-refractivity contribution >= 4 is 22.6 Å². The number of nitrogens with one attached hydrogen (secondary N) is 1. The van der Waals surface area contributed by atoms with Gasteiger partial charge < -0.3 is 25.0 Å². The van der Waals surface area contributed by atoms with Crippen molar-refractivity contribution < 1.29 is 29.3 Å². The molecule has 1 heterocycles. The standard InChI is InChI=1S/C42H44N2O6/c1-28(33-18-17-31-8-3-4-9-35(31)22-33)44(2)26-38-24-39(32-15-13-29(27-45)14-16-32)50-42(49-38)37-12-6-11-36(23-37)34-10-5-7-30(21-34)25-43-40(46)19-20-41(47)48/h3-18,21-23,28,38-39,42,45H,19-20,24-27H2,1-2H3,(H,43,46)(H,47,48). The third-order valence-corrected chi connectivity index (χ3v) is 9.50. The van der Waals surface area contributed by atoms with Crippen LogP contribution in [0.3, 0.4) is 0 Å². The second kappa shape index (κ2) is 16.2. The first-order valence-corrected chi connectivity index (χ1v) is 17.1. The maximum absolute atomic E-state index is 12.1. The normalized spacial score (nSPS) is 18.2. The number of carbonyl (C=O) groups is 2. The fourth-order valence-electron chi connectivity index (χ4n) is 6.47. The first-order valence-electron chi connectivity index (χ1n) is 17.1. The minimum absolute atomic E-state index is 0.0112. The highest BCUT2D eigenvalue weighted by atomic mass is 16.7. The van der Waals surface area contributed by atoms with Gasteiger partial charge in [0, 0.05) is 37.5 Å². The summed E-state index contributed by atoms with van der Waals surface area (Å²) in [5.41, 5.74) is 6.94. The minimum atomic E-state index is -0.993. The van der Waals surface area contributed by atoms with Crippen LogP contribution in [0.4, 0.5) is 0 Å². The van der Waals surface area contributed by atoms with Crippen LogP contribution in [0.25, 0.3) is 21.9 Å². The van der Waals surface area contributed by atoms with Crippen molar-refractivity contribution in [3.8, 4) is 11.1 Å². The van der Waals surface area contributed by atoms with Gasteiger partial charge in [-0.05, 0) is 76.3 Å². The maximum Gasteiger partial charge on any atom is 0.303 e. The van der Waals surface area contributed by atoms with Gasteiger partial charge in [0.05, 0.1) is 25.2 Å². The quantitative estimate of drug-likeness (QED) is 0.118. The van der Waals surface area contributed by atoms with Gasteiger partial charge in [-0.15, -0.1) is 0 Å². The number of nitrogens with zero attached hydrogens (tertiary/aromatic N) is 1. The maximum atomic E-state index is 12.1. The Labute approximate surface area is 293 Å². The molecule has 1 amide bonds. The summed E-state index contributed by atoms with van der Waals surface area (Å²) >= 11 is 0. The molecule has 3 N–H and O–H groups in total. The van der Waals surface area contributed by atoms with Crippen LogP contribution < -0.4 is 5.32 Å². The van der Waals surface area contributed by atoms with E-state index in [-0.39, 0.29) is 43.6 Å². The first kappa shape index (κ1) is 35.0. The lowest BCUT2D eigenvalue weighted by atomic mass is 9.97. The van der Waals surface area contributed by atoms with Gasteiger partial charge in [0.2, 0.25) is 5.91 Å². The summed E-state index contributed by atoms with van der Waals surface area (Å²) in [5, 5.41) is 23.7. The van der Waals surface area contributed by atoms with Crippen molar-refractivity contribution in [1.29, 1.82) is 0 Å². The lowest BCUT2D eigenvalue weighted by Gasteiger charge is -2.39. The molecule has 1 aliphatic rings. The number of carbonyl (C=O) groups excluding carboxylic acids is 1. The van der Waals surface area contributed by atoms with Gasteiger partial charge in [0.25, 0.3) is 0 Å². The number of rotatable bonds is 13. The molecule has 1 saturated heterocycles. The highest BCUT2D eigenvalue weighted by molar-refractivity contribution is 5.83. The van der Waals surface area contributed by atoms with E-state index in [1.807, 2.05) is 66.7 Å². The molecule has 8 heteroatoms. The van der Waals surface area contributed by atoms with E-state index in [1.165, 1.54) is 16.3 Å². The Morgan fingerprint density at radius 3 is 2.30 bits per heavy atom. The van der Waals surface area contributed by atoms with Crippen LogP contribution in [0, 0.1) is 0 Å². The van der Waals surface area contributed by atoms with Crippen LogP contribution in [-0.4, -0.2) is 46.7 Å². The summed E-state index contributed by atoms with van der Waals surface area (Å²) in [6, 6.07) is 39.3. The molecule has 4 unspecified atom stereocenters. The summed E-state index contributed by atoms with van der Waals surface area (Å²) < 4.78 is 13.4. The number of hydrogen-bond acceptors (Lipinski definition) is 6. The number of aliphatic hydroxyl groups excluding tert-OH is 1. The van der Waals surface area contributed by atoms with Crippen molar-refractivity contribution in [2.24, 2.45) is 0 Å². The number of carboxylic acids is 1. The zero-order valence-corrected chi connectivity index (χ0v) is 28.5. The number of carboxylic acid groups (broad SMARTS) is 1. The molecule has 4 atom stereocenters. The molecule has 0 aromatic heterocycles. The average Bonchev–Trinajstić information content (AvgIpc) is 3.15. The lowest BCUT2D eigenvalue weighted by molar-refractivity contribution is -0.253. The molecule has 0 spiro atoms. The molecular weight excluding hydrogens is 628 g/mol. The zero-order valence-electron chi connectivity index (χ0n) is 28.5. The van der Waals surface area contributed by atoms with E-state index < -0.39 is 12.3 Å². The summed E-state index contributed by atoms with van der Waals surface area (Å²) in [4.78, 5) is 25.2. The van der Waals surface area contributed by atoms with E-state index in [2.05, 4.69) is 72.7 Å². The van der Waals surface area contributed by atoms with Gasteiger partial charge in [0.1, 0.15) is 0 Å². The molecule has 0 saturated carbocycles. The lowest BCUT2D eigenvalue weighted by Crippen LogP contribution is -2.38. The number of aliphatic hydroxyl groups is 1. The number of aliphatic carboxylic acids is 1. The zero-order chi connectivity index (χ0) is 35.0. The molecule has 5 aromatic carbocycles. The van der Waals surface area contributed by atoms with Gasteiger partial charge in [-0.1, -0.05) is 97.1 Å². The molecule has 0 bridgehead atoms. The van der Waals surface area contributed by atoms with Crippen LogP contribution in [-0.2, 0) is 32.2 Å². The molecule has 0 radical (unpaired) electrons. The van der Waals surface area contributed by atoms with Crippen molar-refractivity contribution in [2.45, 2.75) is 63.9 Å². The number of fused-ring (bicyclic) bond motifs is 1. The number of amides is 1. The van der Waals surface area contributed by atoms with E-state index in [0.717, 1.165) is 33.4 Å². The summed E-state index contributed by atoms with van der Waals surface area (Å²) in [6.07, 6.45) is -0.474. The average molecular weight is 673 g/mol. The summed E-state index contributed by atoms with van der Waals surface area (Å²) in [6.45, 7) is 3.23. The second-order valence-electron chi connectivity index (χ2n) is 13.1. The van der Waals surface area contributed by atoms with E-state index in [9.17, 15) is 14.7 Å². The van der Waals surface area contributed by atoms with Gasteiger partial charge in [0.15, 0.2) is 6.29 Å². The Bertz CT molecular complexity index is 1930. The predicted octanol–water partition coefficient (Wildman–Crippen LogP) is 7.72. The second-order valence-corrected chi connectivity index (χ2v) is 13.1. The molecular formula is C42H44N2O6. The SMILES string of the molecule is CC(c1ccc2ccccc2c1)N(C)CC1CC(c2ccc(CO)cc2)OC(c2cccc(-c3cccc(CNC(=O)CCC(=O)O)c3)c2)O1. The molecule has 1 fully saturated rings. The third-order valence-electron chi connectivity index (χ3n) is 9.50. The molecule has 8 nitrogen and oxygen atoms in total. The van der Waals surface area contributed by atoms with E-state index in [1.54, 1.807) is 0 Å². The van der Waals surface area contributed by atoms with E-state index in [0.29, 0.717) is 19.5 Å². The third kappa shape index (κ3) is 8.83. The Balaban J connectivity index is 1.20. The number of likely N-dealkylation sites (N-methyl/N-ethyl adjacent to an activating group) is 1. The van der Waals surface area contributed by atoms with E-state index in [4.69, 9.17) is 14.6 Å². The number of hydrogen-bond donors (Lipinski definition) is 3. The van der Waals surface area contributed by atoms with Crippen LogP contribution in [0.2, 0.25) is 0 Å². The molecule has 50 heavy (non-hydrogen) atoms. The van der Waals surface area contributed by atoms with Crippen LogP contribution in [0.1, 0.15) is 72.4 Å². The van der Waals surface area contributed by atoms with Crippen molar-refractivity contribution in [2.75, 3.05) is 13.6 Å². The van der Waals surface area contributed by atoms with Crippen molar-refractivity contribution in [3.05, 3.63) is 143 Å². The van der Waals surface area contributed by atoms with Gasteiger partial charge in [-0.3, -0.25) is 14.5 Å². The Kier molecular flexibility index (Phi) is 11.4. The van der Waals surface area contributed by atoms with Crippen molar-refractivity contribution in [1.82, 2.24) is 10.2 Å². The summed E-state index contributed by atoms with van der Waals surface area (Å²) in [5.74, 6) is -1.29. The van der Waals surface area contributed by atoms with Crippen LogP contribution in [0.5, 0.6) is 0 Å². The Morgan fingerprint density at radius 1 is 0.800 bits per heavy atom. The molecule has 5 aromatic rings. The smallest absolute Gasteiger partial charge is 0.303 e. The topological polar surface area (TPSA) is 108 Å². The van der Waals surface area contributed by atoms with Gasteiger partial charge in [-0.25, -0.2) is 0 Å².